The molecule has 0 spiro atoms. The van der Waals surface area contributed by atoms with E-state index >= 15 is 0 Å². The molecule has 0 saturated heterocycles. The number of carbonyl (C=O) groups is 1. The fourth-order valence-electron chi connectivity index (χ4n) is 3.49. The van der Waals surface area contributed by atoms with Crippen molar-refractivity contribution in [2.75, 3.05) is 19.2 Å². The lowest BCUT2D eigenvalue weighted by Gasteiger charge is -2.20. The van der Waals surface area contributed by atoms with E-state index < -0.39 is 0 Å². The van der Waals surface area contributed by atoms with Gasteiger partial charge in [0.1, 0.15) is 11.6 Å². The summed E-state index contributed by atoms with van der Waals surface area (Å²) in [5, 5.41) is 5.86. The zero-order chi connectivity index (χ0) is 21.6. The molecule has 0 aliphatic carbocycles. The van der Waals surface area contributed by atoms with E-state index in [1.807, 2.05) is 18.2 Å². The number of amides is 2. The van der Waals surface area contributed by atoms with Crippen molar-refractivity contribution in [3.8, 4) is 17.2 Å². The van der Waals surface area contributed by atoms with Crippen molar-refractivity contribution >= 4 is 11.7 Å². The van der Waals surface area contributed by atoms with Crippen molar-refractivity contribution < 1.29 is 23.4 Å². The highest BCUT2D eigenvalue weighted by Crippen LogP contribution is 2.33. The average Bonchev–Trinajstić information content (AvgIpc) is 3.23. The van der Waals surface area contributed by atoms with E-state index in [1.165, 1.54) is 12.1 Å². The van der Waals surface area contributed by atoms with Crippen molar-refractivity contribution in [1.29, 1.82) is 0 Å². The molecule has 0 fully saturated rings. The summed E-state index contributed by atoms with van der Waals surface area (Å²) in [6.07, 6.45) is 1.11. The van der Waals surface area contributed by atoms with Crippen LogP contribution in [0.5, 0.6) is 17.2 Å². The highest BCUT2D eigenvalue weighted by molar-refractivity contribution is 5.89. The molecular weight excluding hydrogens is 399 g/mol. The molecule has 0 aromatic heterocycles. The van der Waals surface area contributed by atoms with Crippen molar-refractivity contribution in [3.05, 3.63) is 83.7 Å². The number of fused-ring (bicyclic) bond motifs is 1. The monoisotopic (exact) mass is 422 g/mol. The Hall–Kier alpha value is -3.74. The molecule has 7 heteroatoms. The van der Waals surface area contributed by atoms with Gasteiger partial charge in [0, 0.05) is 17.8 Å². The fourth-order valence-corrected chi connectivity index (χ4v) is 3.49. The number of methoxy groups -OCH3 is 1. The van der Waals surface area contributed by atoms with Gasteiger partial charge in [-0.2, -0.15) is 0 Å². The molecule has 2 N–H and O–H groups in total. The highest BCUT2D eigenvalue weighted by Gasteiger charge is 2.18. The molecule has 0 saturated carbocycles. The van der Waals surface area contributed by atoms with Gasteiger partial charge in [-0.15, -0.1) is 0 Å². The van der Waals surface area contributed by atoms with Crippen LogP contribution in [0.25, 0.3) is 0 Å². The molecule has 3 aromatic carbocycles. The third kappa shape index (κ3) is 5.45. The van der Waals surface area contributed by atoms with Crippen molar-refractivity contribution in [2.45, 2.75) is 18.9 Å². The number of anilines is 1. The Morgan fingerprint density at radius 3 is 2.55 bits per heavy atom. The molecular formula is C24H23FN2O4. The second-order valence-corrected chi connectivity index (χ2v) is 7.25. The molecule has 6 nitrogen and oxygen atoms in total. The van der Waals surface area contributed by atoms with E-state index in [-0.39, 0.29) is 24.7 Å². The van der Waals surface area contributed by atoms with Crippen LogP contribution in [0.3, 0.4) is 0 Å². The zero-order valence-corrected chi connectivity index (χ0v) is 17.1. The summed E-state index contributed by atoms with van der Waals surface area (Å²) in [6, 6.07) is 18.6. The van der Waals surface area contributed by atoms with Gasteiger partial charge in [0.05, 0.1) is 7.11 Å². The largest absolute Gasteiger partial charge is 0.497 e. The number of benzene rings is 3. The number of nitrogens with one attached hydrogen (secondary N) is 2. The minimum absolute atomic E-state index is 0.207. The minimum atomic E-state index is -0.332. The number of rotatable bonds is 7. The number of ether oxygens (including phenoxy) is 3. The first-order valence-electron chi connectivity index (χ1n) is 9.93. The summed E-state index contributed by atoms with van der Waals surface area (Å²) < 4.78 is 29.3. The molecule has 0 unspecified atom stereocenters. The third-order valence-corrected chi connectivity index (χ3v) is 4.98. The van der Waals surface area contributed by atoms with Gasteiger partial charge in [0.15, 0.2) is 11.5 Å². The minimum Gasteiger partial charge on any atom is -0.497 e. The Balaban J connectivity index is 1.48. The first-order chi connectivity index (χ1) is 15.1. The van der Waals surface area contributed by atoms with Crippen LogP contribution >= 0.6 is 0 Å². The number of hydrogen-bond donors (Lipinski definition) is 2. The van der Waals surface area contributed by atoms with E-state index in [0.717, 1.165) is 11.1 Å². The van der Waals surface area contributed by atoms with E-state index in [9.17, 15) is 9.18 Å². The predicted octanol–water partition coefficient (Wildman–Crippen LogP) is 4.54. The van der Waals surface area contributed by atoms with Gasteiger partial charge in [-0.25, -0.2) is 9.18 Å². The summed E-state index contributed by atoms with van der Waals surface area (Å²) in [4.78, 5) is 12.7. The van der Waals surface area contributed by atoms with Crippen molar-refractivity contribution in [1.82, 2.24) is 5.32 Å². The lowest BCUT2D eigenvalue weighted by molar-refractivity contribution is 0.174. The smallest absolute Gasteiger partial charge is 0.319 e. The number of carbonyl (C=O) groups excluding carboxylic acids is 1. The second-order valence-electron chi connectivity index (χ2n) is 7.25. The third-order valence-electron chi connectivity index (χ3n) is 4.98. The topological polar surface area (TPSA) is 68.8 Å². The van der Waals surface area contributed by atoms with Gasteiger partial charge < -0.3 is 24.8 Å². The van der Waals surface area contributed by atoms with Crippen LogP contribution in [0.1, 0.15) is 11.1 Å². The lowest BCUT2D eigenvalue weighted by Crippen LogP contribution is -2.40. The average molecular weight is 422 g/mol. The van der Waals surface area contributed by atoms with Crippen LogP contribution in [0.4, 0.5) is 14.9 Å². The number of urea groups is 1. The van der Waals surface area contributed by atoms with E-state index in [2.05, 4.69) is 10.6 Å². The maximum absolute atomic E-state index is 13.3. The number of halogens is 1. The Kier molecular flexibility index (Phi) is 6.21. The molecule has 0 bridgehead atoms. The molecule has 1 aliphatic rings. The Labute approximate surface area is 179 Å². The summed E-state index contributed by atoms with van der Waals surface area (Å²) in [6.45, 7) is 0.207. The van der Waals surface area contributed by atoms with Gasteiger partial charge in [-0.1, -0.05) is 24.3 Å². The van der Waals surface area contributed by atoms with E-state index in [4.69, 9.17) is 14.2 Å². The molecule has 4 rings (SSSR count). The first kappa shape index (κ1) is 20.5. The van der Waals surface area contributed by atoms with Crippen LogP contribution in [0, 0.1) is 5.82 Å². The number of hydrogen-bond acceptors (Lipinski definition) is 4. The van der Waals surface area contributed by atoms with Crippen LogP contribution < -0.4 is 24.8 Å². The van der Waals surface area contributed by atoms with Crippen molar-refractivity contribution in [2.24, 2.45) is 0 Å². The quantitative estimate of drug-likeness (QED) is 0.587. The van der Waals surface area contributed by atoms with Gasteiger partial charge >= 0.3 is 6.03 Å². The first-order valence-corrected chi connectivity index (χ1v) is 9.93. The Bertz CT molecular complexity index is 1060. The standard InChI is InChI=1S/C24H23FN2O4/c1-29-21-4-2-3-19(14-21)26-24(28)27-20(11-16-5-8-18(25)9-6-16)12-17-7-10-22-23(13-17)31-15-30-22/h2-10,13-14,20H,11-12,15H2,1H3,(H2,26,27,28)/t20-/m1/s1. The lowest BCUT2D eigenvalue weighted by atomic mass is 9.98. The van der Waals surface area contributed by atoms with Crippen LogP contribution in [0.15, 0.2) is 66.7 Å². The molecule has 0 radical (unpaired) electrons. The molecule has 1 atom stereocenters. The molecule has 1 aliphatic heterocycles. The van der Waals surface area contributed by atoms with E-state index in [0.29, 0.717) is 35.8 Å². The second kappa shape index (κ2) is 9.38. The normalized spacial score (nSPS) is 12.8. The molecule has 2 amide bonds. The summed E-state index contributed by atoms with van der Waals surface area (Å²) in [7, 11) is 1.57. The van der Waals surface area contributed by atoms with Crippen LogP contribution in [-0.4, -0.2) is 26.0 Å². The van der Waals surface area contributed by atoms with Crippen molar-refractivity contribution in [3.63, 3.8) is 0 Å². The fraction of sp³-hybridized carbons (Fsp3) is 0.208. The Morgan fingerprint density at radius 1 is 1.00 bits per heavy atom. The Morgan fingerprint density at radius 2 is 1.74 bits per heavy atom. The molecule has 160 valence electrons. The van der Waals surface area contributed by atoms with Crippen LogP contribution in [0.2, 0.25) is 0 Å². The van der Waals surface area contributed by atoms with E-state index in [1.54, 1.807) is 43.5 Å². The van der Waals surface area contributed by atoms with Crippen LogP contribution in [-0.2, 0) is 12.8 Å². The zero-order valence-electron chi connectivity index (χ0n) is 17.1. The summed E-state index contributed by atoms with van der Waals surface area (Å²) in [5.41, 5.74) is 2.55. The molecule has 1 heterocycles. The predicted molar refractivity (Wildman–Crippen MR) is 115 cm³/mol. The summed E-state index contributed by atoms with van der Waals surface area (Å²) in [5.74, 6) is 1.77. The SMILES string of the molecule is COc1cccc(NC(=O)N[C@H](Cc2ccc(F)cc2)Cc2ccc3c(c2)OCO3)c1. The van der Waals surface area contributed by atoms with Gasteiger partial charge in [-0.3, -0.25) is 0 Å². The summed E-state index contributed by atoms with van der Waals surface area (Å²) >= 11 is 0. The maximum Gasteiger partial charge on any atom is 0.319 e. The van der Waals surface area contributed by atoms with Gasteiger partial charge in [0.25, 0.3) is 0 Å². The molecule has 3 aromatic rings. The van der Waals surface area contributed by atoms with Gasteiger partial charge in [-0.05, 0) is 60.4 Å². The highest BCUT2D eigenvalue weighted by atomic mass is 19.1. The maximum atomic E-state index is 13.3. The molecule has 31 heavy (non-hydrogen) atoms. The van der Waals surface area contributed by atoms with Gasteiger partial charge in [0.2, 0.25) is 6.79 Å².